The van der Waals surface area contributed by atoms with Crippen molar-refractivity contribution in [2.75, 3.05) is 19.8 Å². The standard InChI is InChI=1S/C11H17NO7/c1-7(13)12(4-11(16)17)10(5-18-8(2)14)6-19-9(3)15/h10H,4-6H2,1-3H3,(H,16,17). The first-order chi connectivity index (χ1) is 8.73. The minimum atomic E-state index is -1.22. The van der Waals surface area contributed by atoms with Crippen molar-refractivity contribution in [1.29, 1.82) is 0 Å². The Morgan fingerprint density at radius 1 is 1.00 bits per heavy atom. The number of hydrogen-bond acceptors (Lipinski definition) is 6. The summed E-state index contributed by atoms with van der Waals surface area (Å²) in [6.07, 6.45) is 0. The van der Waals surface area contributed by atoms with E-state index >= 15 is 0 Å². The summed E-state index contributed by atoms with van der Waals surface area (Å²) >= 11 is 0. The quantitative estimate of drug-likeness (QED) is 0.618. The van der Waals surface area contributed by atoms with Gasteiger partial charge in [-0.15, -0.1) is 0 Å². The Bertz CT molecular complexity index is 348. The van der Waals surface area contributed by atoms with Crippen molar-refractivity contribution in [1.82, 2.24) is 4.90 Å². The maximum absolute atomic E-state index is 11.4. The molecule has 0 atom stereocenters. The lowest BCUT2D eigenvalue weighted by Gasteiger charge is -2.28. The maximum atomic E-state index is 11.4. The van der Waals surface area contributed by atoms with Crippen molar-refractivity contribution in [3.05, 3.63) is 0 Å². The third-order valence-electron chi connectivity index (χ3n) is 2.11. The fourth-order valence-electron chi connectivity index (χ4n) is 1.30. The van der Waals surface area contributed by atoms with Crippen LogP contribution in [0.2, 0.25) is 0 Å². The van der Waals surface area contributed by atoms with Gasteiger partial charge in [0.05, 0.1) is 0 Å². The SMILES string of the molecule is CC(=O)OCC(COC(C)=O)N(CC(=O)O)C(C)=O. The van der Waals surface area contributed by atoms with Crippen LogP contribution in [-0.4, -0.2) is 59.6 Å². The summed E-state index contributed by atoms with van der Waals surface area (Å²) in [5.74, 6) is -2.89. The molecule has 0 spiro atoms. The first-order valence-electron chi connectivity index (χ1n) is 5.49. The molecule has 0 saturated heterocycles. The van der Waals surface area contributed by atoms with Crippen LogP contribution in [0.1, 0.15) is 20.8 Å². The highest BCUT2D eigenvalue weighted by Gasteiger charge is 2.25. The number of carbonyl (C=O) groups is 4. The van der Waals surface area contributed by atoms with Gasteiger partial charge >= 0.3 is 17.9 Å². The van der Waals surface area contributed by atoms with Gasteiger partial charge in [0, 0.05) is 20.8 Å². The van der Waals surface area contributed by atoms with E-state index in [2.05, 4.69) is 0 Å². The molecule has 19 heavy (non-hydrogen) atoms. The predicted molar refractivity (Wildman–Crippen MR) is 62.1 cm³/mol. The summed E-state index contributed by atoms with van der Waals surface area (Å²) in [6, 6.07) is -0.832. The number of hydrogen-bond donors (Lipinski definition) is 1. The molecule has 8 heteroatoms. The molecule has 0 unspecified atom stereocenters. The van der Waals surface area contributed by atoms with E-state index in [0.717, 1.165) is 4.90 Å². The van der Waals surface area contributed by atoms with Gasteiger partial charge in [0.25, 0.3) is 0 Å². The van der Waals surface area contributed by atoms with Gasteiger partial charge in [-0.1, -0.05) is 0 Å². The van der Waals surface area contributed by atoms with E-state index < -0.39 is 36.4 Å². The third-order valence-corrected chi connectivity index (χ3v) is 2.11. The average Bonchev–Trinajstić information content (AvgIpc) is 2.25. The number of rotatable bonds is 7. The first-order valence-corrected chi connectivity index (χ1v) is 5.49. The molecule has 0 aliphatic heterocycles. The molecule has 0 heterocycles. The van der Waals surface area contributed by atoms with Crippen LogP contribution in [0.25, 0.3) is 0 Å². The summed E-state index contributed by atoms with van der Waals surface area (Å²) in [5, 5.41) is 8.73. The van der Waals surface area contributed by atoms with Gasteiger partial charge in [0.1, 0.15) is 25.8 Å². The number of carboxylic acids is 1. The summed E-state index contributed by atoms with van der Waals surface area (Å²) in [6.45, 7) is 2.49. The van der Waals surface area contributed by atoms with Crippen molar-refractivity contribution in [2.45, 2.75) is 26.8 Å². The molecule has 0 rings (SSSR count). The number of aliphatic carboxylic acids is 1. The zero-order chi connectivity index (χ0) is 15.0. The molecular formula is C11H17NO7. The van der Waals surface area contributed by atoms with Crippen LogP contribution in [0.3, 0.4) is 0 Å². The second-order valence-corrected chi connectivity index (χ2v) is 3.80. The number of amides is 1. The van der Waals surface area contributed by atoms with Gasteiger partial charge in [-0.05, 0) is 0 Å². The lowest BCUT2D eigenvalue weighted by Crippen LogP contribution is -2.47. The molecule has 0 aromatic heterocycles. The summed E-state index contributed by atoms with van der Waals surface area (Å²) in [7, 11) is 0. The number of nitrogens with zero attached hydrogens (tertiary/aromatic N) is 1. The predicted octanol–water partition coefficient (Wildman–Crippen LogP) is -0.586. The van der Waals surface area contributed by atoms with Crippen molar-refractivity contribution >= 4 is 23.8 Å². The summed E-state index contributed by atoms with van der Waals surface area (Å²) in [5.41, 5.74) is 0. The largest absolute Gasteiger partial charge is 0.480 e. The summed E-state index contributed by atoms with van der Waals surface area (Å²) in [4.78, 5) is 44.5. The Morgan fingerprint density at radius 2 is 1.42 bits per heavy atom. The molecule has 108 valence electrons. The second-order valence-electron chi connectivity index (χ2n) is 3.80. The van der Waals surface area contributed by atoms with E-state index in [-0.39, 0.29) is 13.2 Å². The normalized spacial score (nSPS) is 9.89. The van der Waals surface area contributed by atoms with Crippen molar-refractivity contribution in [2.24, 2.45) is 0 Å². The topological polar surface area (TPSA) is 110 Å². The first kappa shape index (κ1) is 16.9. The van der Waals surface area contributed by atoms with Crippen LogP contribution >= 0.6 is 0 Å². The van der Waals surface area contributed by atoms with Gasteiger partial charge < -0.3 is 19.5 Å². The van der Waals surface area contributed by atoms with E-state index in [4.69, 9.17) is 14.6 Å². The molecule has 8 nitrogen and oxygen atoms in total. The fourth-order valence-corrected chi connectivity index (χ4v) is 1.30. The molecule has 0 radical (unpaired) electrons. The molecule has 0 aromatic rings. The Kier molecular flexibility index (Phi) is 7.16. The van der Waals surface area contributed by atoms with Gasteiger partial charge in [-0.25, -0.2) is 0 Å². The molecule has 0 aliphatic carbocycles. The highest BCUT2D eigenvalue weighted by atomic mass is 16.5. The highest BCUT2D eigenvalue weighted by Crippen LogP contribution is 2.03. The van der Waals surface area contributed by atoms with E-state index in [0.29, 0.717) is 0 Å². The molecular weight excluding hydrogens is 258 g/mol. The molecule has 0 saturated carbocycles. The van der Waals surface area contributed by atoms with Gasteiger partial charge in [0.15, 0.2) is 0 Å². The summed E-state index contributed by atoms with van der Waals surface area (Å²) < 4.78 is 9.46. The van der Waals surface area contributed by atoms with Gasteiger partial charge in [-0.3, -0.25) is 19.2 Å². The maximum Gasteiger partial charge on any atom is 0.323 e. The highest BCUT2D eigenvalue weighted by molar-refractivity contribution is 5.80. The zero-order valence-electron chi connectivity index (χ0n) is 11.0. The van der Waals surface area contributed by atoms with Crippen LogP contribution < -0.4 is 0 Å². The number of ether oxygens (including phenoxy) is 2. The van der Waals surface area contributed by atoms with Crippen LogP contribution in [0.15, 0.2) is 0 Å². The van der Waals surface area contributed by atoms with Crippen LogP contribution in [-0.2, 0) is 28.7 Å². The van der Waals surface area contributed by atoms with Crippen LogP contribution in [0.5, 0.6) is 0 Å². The van der Waals surface area contributed by atoms with E-state index in [1.807, 2.05) is 0 Å². The van der Waals surface area contributed by atoms with Crippen molar-refractivity contribution < 1.29 is 33.8 Å². The molecule has 0 aliphatic rings. The van der Waals surface area contributed by atoms with Gasteiger partial charge in [0.2, 0.25) is 5.91 Å². The van der Waals surface area contributed by atoms with E-state index in [9.17, 15) is 19.2 Å². The number of carbonyl (C=O) groups excluding carboxylic acids is 3. The molecule has 0 aromatic carbocycles. The average molecular weight is 275 g/mol. The number of esters is 2. The minimum absolute atomic E-state index is 0.241. The third kappa shape index (κ3) is 7.74. The van der Waals surface area contributed by atoms with Crippen molar-refractivity contribution in [3.8, 4) is 0 Å². The Balaban J connectivity index is 4.80. The smallest absolute Gasteiger partial charge is 0.323 e. The lowest BCUT2D eigenvalue weighted by atomic mass is 10.2. The minimum Gasteiger partial charge on any atom is -0.480 e. The fraction of sp³-hybridized carbons (Fsp3) is 0.636. The Hall–Kier alpha value is -2.12. The monoisotopic (exact) mass is 275 g/mol. The molecule has 0 bridgehead atoms. The van der Waals surface area contributed by atoms with Crippen LogP contribution in [0.4, 0.5) is 0 Å². The van der Waals surface area contributed by atoms with Crippen LogP contribution in [0, 0.1) is 0 Å². The molecule has 0 fully saturated rings. The number of carboxylic acid groups (broad SMARTS) is 1. The van der Waals surface area contributed by atoms with E-state index in [1.54, 1.807) is 0 Å². The lowest BCUT2D eigenvalue weighted by molar-refractivity contribution is -0.154. The van der Waals surface area contributed by atoms with Gasteiger partial charge in [-0.2, -0.15) is 0 Å². The Labute approximate surface area is 110 Å². The van der Waals surface area contributed by atoms with Crippen molar-refractivity contribution in [3.63, 3.8) is 0 Å². The van der Waals surface area contributed by atoms with E-state index in [1.165, 1.54) is 20.8 Å². The molecule has 1 N–H and O–H groups in total. The second kappa shape index (κ2) is 8.06. The zero-order valence-corrected chi connectivity index (χ0v) is 11.0. The molecule has 1 amide bonds. The Morgan fingerprint density at radius 3 is 1.68 bits per heavy atom.